The van der Waals surface area contributed by atoms with Crippen LogP contribution in [0, 0.1) is 19.8 Å². The Bertz CT molecular complexity index is 898. The van der Waals surface area contributed by atoms with E-state index in [1.807, 2.05) is 11.7 Å². The summed E-state index contributed by atoms with van der Waals surface area (Å²) in [5.74, 6) is 1.74. The Morgan fingerprint density at radius 3 is 2.45 bits per heavy atom. The van der Waals surface area contributed by atoms with Crippen molar-refractivity contribution in [2.75, 3.05) is 19.6 Å². The van der Waals surface area contributed by atoms with E-state index in [1.165, 1.54) is 48.3 Å². The van der Waals surface area contributed by atoms with Gasteiger partial charge in [-0.15, -0.1) is 24.0 Å². The molecule has 0 spiro atoms. The van der Waals surface area contributed by atoms with Crippen molar-refractivity contribution in [1.29, 1.82) is 0 Å². The molecule has 2 N–H and O–H groups in total. The smallest absolute Gasteiger partial charge is 0.191 e. The molecule has 2 aromatic rings. The first-order chi connectivity index (χ1) is 15.4. The summed E-state index contributed by atoms with van der Waals surface area (Å²) in [6, 6.07) is 9.03. The number of aromatic nitrogens is 2. The van der Waals surface area contributed by atoms with E-state index in [9.17, 15) is 0 Å². The molecule has 1 atom stereocenters. The molecule has 33 heavy (non-hydrogen) atoms. The summed E-state index contributed by atoms with van der Waals surface area (Å²) in [4.78, 5) is 7.53. The molecule has 7 heteroatoms. The lowest BCUT2D eigenvalue weighted by Gasteiger charge is -2.30. The van der Waals surface area contributed by atoms with Gasteiger partial charge >= 0.3 is 0 Å². The van der Waals surface area contributed by atoms with Crippen molar-refractivity contribution in [2.24, 2.45) is 18.0 Å². The van der Waals surface area contributed by atoms with Crippen LogP contribution in [0.5, 0.6) is 0 Å². The highest BCUT2D eigenvalue weighted by molar-refractivity contribution is 14.0. The molecule has 0 radical (unpaired) electrons. The van der Waals surface area contributed by atoms with Gasteiger partial charge in [0.05, 0.1) is 12.2 Å². The van der Waals surface area contributed by atoms with Gasteiger partial charge in [-0.05, 0) is 82.7 Å². The summed E-state index contributed by atoms with van der Waals surface area (Å²) in [5.41, 5.74) is 6.39. The fraction of sp³-hybridized carbons (Fsp3) is 0.615. The predicted octanol–water partition coefficient (Wildman–Crippen LogP) is 4.57. The Balaban J connectivity index is 0.00000385. The van der Waals surface area contributed by atoms with Gasteiger partial charge in [-0.2, -0.15) is 5.10 Å². The van der Waals surface area contributed by atoms with Crippen molar-refractivity contribution in [3.8, 4) is 0 Å². The van der Waals surface area contributed by atoms with Crippen LogP contribution < -0.4 is 10.6 Å². The van der Waals surface area contributed by atoms with E-state index in [2.05, 4.69) is 79.5 Å². The number of hydrogen-bond acceptors (Lipinski definition) is 3. The molecule has 0 saturated carbocycles. The molecule has 1 unspecified atom stereocenters. The van der Waals surface area contributed by atoms with Crippen molar-refractivity contribution in [2.45, 2.75) is 73.0 Å². The number of nitrogens with zero attached hydrogens (tertiary/aromatic N) is 4. The lowest BCUT2D eigenvalue weighted by molar-refractivity contribution is 0.185. The molecule has 1 aromatic heterocycles. The minimum atomic E-state index is 0. The fourth-order valence-electron chi connectivity index (χ4n) is 4.51. The van der Waals surface area contributed by atoms with Gasteiger partial charge in [0.25, 0.3) is 0 Å². The molecule has 184 valence electrons. The third kappa shape index (κ3) is 7.98. The monoisotopic (exact) mass is 566 g/mol. The summed E-state index contributed by atoms with van der Waals surface area (Å²) < 4.78 is 1.97. The summed E-state index contributed by atoms with van der Waals surface area (Å²) in [6.45, 7) is 15.9. The lowest BCUT2D eigenvalue weighted by atomic mass is 9.98. The fourth-order valence-corrected chi connectivity index (χ4v) is 4.51. The van der Waals surface area contributed by atoms with Crippen LogP contribution in [0.25, 0.3) is 0 Å². The van der Waals surface area contributed by atoms with Crippen LogP contribution in [0.4, 0.5) is 0 Å². The zero-order chi connectivity index (χ0) is 23.1. The number of rotatable bonds is 8. The number of nitrogens with one attached hydrogen (secondary N) is 2. The summed E-state index contributed by atoms with van der Waals surface area (Å²) in [5, 5.41) is 11.6. The molecule has 1 aliphatic rings. The molecule has 1 saturated heterocycles. The second-order valence-electron chi connectivity index (χ2n) is 9.45. The number of guanidine groups is 1. The van der Waals surface area contributed by atoms with Crippen LogP contribution in [0.2, 0.25) is 0 Å². The van der Waals surface area contributed by atoms with Crippen LogP contribution in [0.15, 0.2) is 29.3 Å². The summed E-state index contributed by atoms with van der Waals surface area (Å²) >= 11 is 0. The topological polar surface area (TPSA) is 57.5 Å². The molecular weight excluding hydrogens is 523 g/mol. The van der Waals surface area contributed by atoms with Gasteiger partial charge in [-0.25, -0.2) is 4.99 Å². The van der Waals surface area contributed by atoms with Gasteiger partial charge in [0.15, 0.2) is 5.96 Å². The first kappa shape index (κ1) is 27.6. The lowest BCUT2D eigenvalue weighted by Crippen LogP contribution is -2.43. The molecule has 1 fully saturated rings. The van der Waals surface area contributed by atoms with Crippen molar-refractivity contribution in [3.05, 3.63) is 52.3 Å². The largest absolute Gasteiger partial charge is 0.357 e. The van der Waals surface area contributed by atoms with Crippen LogP contribution in [-0.4, -0.2) is 46.3 Å². The SMILES string of the molecule is CCNC(=NCc1ccccc1CN1CCC(C)CC1)NC(C)Cc1c(C)nn(C)c1C.I. The zero-order valence-corrected chi connectivity index (χ0v) is 23.6. The maximum Gasteiger partial charge on any atom is 0.191 e. The second-order valence-corrected chi connectivity index (χ2v) is 9.45. The third-order valence-corrected chi connectivity index (χ3v) is 6.69. The van der Waals surface area contributed by atoms with Gasteiger partial charge in [0.2, 0.25) is 0 Å². The minimum absolute atomic E-state index is 0. The number of halogens is 1. The molecule has 0 bridgehead atoms. The van der Waals surface area contributed by atoms with Gasteiger partial charge < -0.3 is 10.6 Å². The van der Waals surface area contributed by atoms with E-state index in [0.29, 0.717) is 6.54 Å². The van der Waals surface area contributed by atoms with Gasteiger partial charge in [0.1, 0.15) is 0 Å². The predicted molar refractivity (Wildman–Crippen MR) is 149 cm³/mol. The number of piperidine rings is 1. The normalized spacial score (nSPS) is 16.4. The van der Waals surface area contributed by atoms with Gasteiger partial charge in [-0.3, -0.25) is 9.58 Å². The van der Waals surface area contributed by atoms with Crippen LogP contribution in [-0.2, 0) is 26.6 Å². The Morgan fingerprint density at radius 2 is 1.85 bits per heavy atom. The number of likely N-dealkylation sites (tertiary alicyclic amines) is 1. The molecule has 6 nitrogen and oxygen atoms in total. The highest BCUT2D eigenvalue weighted by Crippen LogP contribution is 2.20. The van der Waals surface area contributed by atoms with Crippen LogP contribution >= 0.6 is 24.0 Å². The Kier molecular flexibility index (Phi) is 11.2. The maximum atomic E-state index is 4.94. The average Bonchev–Trinajstić information content (AvgIpc) is 3.00. The third-order valence-electron chi connectivity index (χ3n) is 6.69. The van der Waals surface area contributed by atoms with Crippen molar-refractivity contribution < 1.29 is 0 Å². The molecule has 0 amide bonds. The number of benzene rings is 1. The Morgan fingerprint density at radius 1 is 1.18 bits per heavy atom. The molecule has 2 heterocycles. The van der Waals surface area contributed by atoms with Crippen molar-refractivity contribution >= 4 is 29.9 Å². The van der Waals surface area contributed by atoms with E-state index in [-0.39, 0.29) is 30.0 Å². The number of aliphatic imine (C=N–C) groups is 1. The van der Waals surface area contributed by atoms with E-state index < -0.39 is 0 Å². The van der Waals surface area contributed by atoms with E-state index >= 15 is 0 Å². The van der Waals surface area contributed by atoms with Crippen molar-refractivity contribution in [3.63, 3.8) is 0 Å². The molecule has 0 aliphatic carbocycles. The molecule has 1 aliphatic heterocycles. The second kappa shape index (κ2) is 13.3. The minimum Gasteiger partial charge on any atom is -0.357 e. The quantitative estimate of drug-likeness (QED) is 0.279. The highest BCUT2D eigenvalue weighted by Gasteiger charge is 2.17. The summed E-state index contributed by atoms with van der Waals surface area (Å²) in [6.07, 6.45) is 3.55. The number of aryl methyl sites for hydroxylation is 2. The van der Waals surface area contributed by atoms with E-state index in [4.69, 9.17) is 4.99 Å². The standard InChI is InChI=1S/C26H42N6.HI/c1-7-27-26(29-20(3)16-25-21(4)30-31(6)22(25)5)28-17-23-10-8-9-11-24(23)18-32-14-12-19(2)13-15-32;/h8-11,19-20H,7,12-18H2,1-6H3,(H2,27,28,29);1H. The Labute approximate surface area is 217 Å². The highest BCUT2D eigenvalue weighted by atomic mass is 127. The van der Waals surface area contributed by atoms with Gasteiger partial charge in [-0.1, -0.05) is 31.2 Å². The van der Waals surface area contributed by atoms with Crippen LogP contribution in [0.3, 0.4) is 0 Å². The maximum absolute atomic E-state index is 4.94. The zero-order valence-electron chi connectivity index (χ0n) is 21.3. The molecule has 3 rings (SSSR count). The molecular formula is C26H43IN6. The number of hydrogen-bond donors (Lipinski definition) is 2. The first-order valence-electron chi connectivity index (χ1n) is 12.2. The van der Waals surface area contributed by atoms with Crippen molar-refractivity contribution in [1.82, 2.24) is 25.3 Å². The van der Waals surface area contributed by atoms with Gasteiger partial charge in [0, 0.05) is 31.9 Å². The van der Waals surface area contributed by atoms with E-state index in [1.54, 1.807) is 0 Å². The van der Waals surface area contributed by atoms with Crippen LogP contribution in [0.1, 0.15) is 61.7 Å². The molecule has 1 aromatic carbocycles. The van der Waals surface area contributed by atoms with E-state index in [0.717, 1.165) is 37.1 Å². The first-order valence-corrected chi connectivity index (χ1v) is 12.2. The Hall–Kier alpha value is -1.61. The summed E-state index contributed by atoms with van der Waals surface area (Å²) in [7, 11) is 2.01. The average molecular weight is 567 g/mol.